The number of nitrogens with two attached hydrogens (primary N) is 1. The van der Waals surface area contributed by atoms with Gasteiger partial charge in [-0.15, -0.1) is 0 Å². The lowest BCUT2D eigenvalue weighted by Crippen LogP contribution is -2.21. The highest BCUT2D eigenvalue weighted by atomic mass is 16.5. The zero-order valence-corrected chi connectivity index (χ0v) is 23.8. The molecule has 2 N–H and O–H groups in total. The SMILES string of the molecule is CCCCCCCOc1ccc(C2C(C#N)=C(N)Oc3cc(OC(=O)Cc4ccc(OC)cc4)ccc32)cc1OC. The summed E-state index contributed by atoms with van der Waals surface area (Å²) in [4.78, 5) is 12.6. The number of unbranched alkanes of at least 4 members (excludes halogenated alkanes) is 4. The summed E-state index contributed by atoms with van der Waals surface area (Å²) in [5, 5.41) is 9.95. The van der Waals surface area contributed by atoms with E-state index in [0.717, 1.165) is 29.5 Å². The lowest BCUT2D eigenvalue weighted by atomic mass is 9.83. The average Bonchev–Trinajstić information content (AvgIpc) is 2.98. The molecule has 0 bridgehead atoms. The molecule has 214 valence electrons. The van der Waals surface area contributed by atoms with Gasteiger partial charge in [-0.2, -0.15) is 5.26 Å². The monoisotopic (exact) mass is 556 g/mol. The normalized spacial score (nSPS) is 14.0. The van der Waals surface area contributed by atoms with Crippen molar-refractivity contribution in [2.75, 3.05) is 20.8 Å². The topological polar surface area (TPSA) is 113 Å². The number of hydrogen-bond donors (Lipinski definition) is 1. The summed E-state index contributed by atoms with van der Waals surface area (Å²) in [5.74, 6) is 1.74. The van der Waals surface area contributed by atoms with Crippen LogP contribution in [0.3, 0.4) is 0 Å². The number of nitrogens with zero attached hydrogens (tertiary/aromatic N) is 1. The van der Waals surface area contributed by atoms with Gasteiger partial charge in [0.1, 0.15) is 28.9 Å². The first kappa shape index (κ1) is 29.3. The van der Waals surface area contributed by atoms with E-state index in [0.29, 0.717) is 35.4 Å². The molecule has 0 fully saturated rings. The van der Waals surface area contributed by atoms with Crippen LogP contribution < -0.4 is 29.4 Å². The van der Waals surface area contributed by atoms with Gasteiger partial charge in [0.2, 0.25) is 5.88 Å². The zero-order valence-electron chi connectivity index (χ0n) is 23.8. The van der Waals surface area contributed by atoms with Crippen molar-refractivity contribution < 1.29 is 28.5 Å². The number of nitriles is 1. The van der Waals surface area contributed by atoms with Crippen molar-refractivity contribution in [3.63, 3.8) is 0 Å². The van der Waals surface area contributed by atoms with Crippen molar-refractivity contribution in [1.82, 2.24) is 0 Å². The fraction of sp³-hybridized carbons (Fsp3) is 0.333. The van der Waals surface area contributed by atoms with Crippen LogP contribution in [0.1, 0.15) is 61.6 Å². The molecule has 8 nitrogen and oxygen atoms in total. The van der Waals surface area contributed by atoms with Gasteiger partial charge in [0.25, 0.3) is 0 Å². The minimum absolute atomic E-state index is 0.00178. The molecule has 0 radical (unpaired) electrons. The molecule has 4 rings (SSSR count). The molecule has 1 atom stereocenters. The maximum absolute atomic E-state index is 12.6. The Morgan fingerprint density at radius 1 is 0.927 bits per heavy atom. The van der Waals surface area contributed by atoms with Gasteiger partial charge in [0, 0.05) is 11.6 Å². The molecule has 3 aromatic carbocycles. The van der Waals surface area contributed by atoms with Crippen LogP contribution in [0.5, 0.6) is 28.7 Å². The summed E-state index contributed by atoms with van der Waals surface area (Å²) in [7, 11) is 3.18. The van der Waals surface area contributed by atoms with E-state index in [4.69, 9.17) is 29.4 Å². The van der Waals surface area contributed by atoms with Crippen molar-refractivity contribution in [2.45, 2.75) is 51.4 Å². The van der Waals surface area contributed by atoms with E-state index in [1.54, 1.807) is 44.6 Å². The third-order valence-corrected chi connectivity index (χ3v) is 6.96. The van der Waals surface area contributed by atoms with Gasteiger partial charge in [-0.3, -0.25) is 4.79 Å². The summed E-state index contributed by atoms with van der Waals surface area (Å²) in [6.07, 6.45) is 5.83. The summed E-state index contributed by atoms with van der Waals surface area (Å²) in [6.45, 7) is 2.80. The lowest BCUT2D eigenvalue weighted by Gasteiger charge is -2.27. The second-order valence-corrected chi connectivity index (χ2v) is 9.80. The van der Waals surface area contributed by atoms with E-state index in [9.17, 15) is 10.1 Å². The summed E-state index contributed by atoms with van der Waals surface area (Å²) < 4.78 is 28.2. The number of carbonyl (C=O) groups is 1. The summed E-state index contributed by atoms with van der Waals surface area (Å²) in [5.41, 5.74) is 8.79. The van der Waals surface area contributed by atoms with Crippen molar-refractivity contribution in [2.24, 2.45) is 5.73 Å². The molecule has 0 saturated heterocycles. The van der Waals surface area contributed by atoms with E-state index >= 15 is 0 Å². The number of esters is 1. The predicted molar refractivity (Wildman–Crippen MR) is 155 cm³/mol. The van der Waals surface area contributed by atoms with Gasteiger partial charge in [-0.1, -0.05) is 56.9 Å². The van der Waals surface area contributed by atoms with Crippen LogP contribution in [0.25, 0.3) is 0 Å². The number of ether oxygens (including phenoxy) is 5. The number of fused-ring (bicyclic) bond motifs is 1. The van der Waals surface area contributed by atoms with Crippen LogP contribution in [0.15, 0.2) is 72.1 Å². The fourth-order valence-corrected chi connectivity index (χ4v) is 4.79. The number of allylic oxidation sites excluding steroid dienone is 1. The molecule has 0 saturated carbocycles. The van der Waals surface area contributed by atoms with E-state index in [1.165, 1.54) is 19.3 Å². The van der Waals surface area contributed by atoms with Crippen LogP contribution >= 0.6 is 0 Å². The van der Waals surface area contributed by atoms with Crippen LogP contribution in [0.2, 0.25) is 0 Å². The van der Waals surface area contributed by atoms with Gasteiger partial charge >= 0.3 is 5.97 Å². The van der Waals surface area contributed by atoms with Crippen LogP contribution in [-0.2, 0) is 11.2 Å². The minimum Gasteiger partial charge on any atom is -0.497 e. The molecular formula is C33H36N2O6. The van der Waals surface area contributed by atoms with Crippen LogP contribution in [0.4, 0.5) is 0 Å². The highest BCUT2D eigenvalue weighted by molar-refractivity contribution is 5.75. The Morgan fingerprint density at radius 2 is 1.68 bits per heavy atom. The van der Waals surface area contributed by atoms with Crippen molar-refractivity contribution in [3.05, 3.63) is 88.8 Å². The first-order valence-corrected chi connectivity index (χ1v) is 13.8. The van der Waals surface area contributed by atoms with Gasteiger partial charge in [-0.05, 0) is 47.9 Å². The molecule has 0 aromatic heterocycles. The summed E-state index contributed by atoms with van der Waals surface area (Å²) in [6, 6.07) is 20.1. The van der Waals surface area contributed by atoms with Gasteiger partial charge in [-0.25, -0.2) is 0 Å². The van der Waals surface area contributed by atoms with Gasteiger partial charge in [0.15, 0.2) is 11.5 Å². The Kier molecular flexibility index (Phi) is 10.1. The van der Waals surface area contributed by atoms with Crippen molar-refractivity contribution >= 4 is 5.97 Å². The quantitative estimate of drug-likeness (QED) is 0.146. The van der Waals surface area contributed by atoms with Gasteiger partial charge < -0.3 is 29.4 Å². The van der Waals surface area contributed by atoms with E-state index in [2.05, 4.69) is 13.0 Å². The maximum atomic E-state index is 12.6. The molecule has 0 amide bonds. The standard InChI is InChI=1S/C33H36N2O6/c1-4-5-6-7-8-17-39-28-16-11-23(19-30(28)38-3)32-26-15-14-25(20-29(26)41-33(35)27(32)21-34)40-31(36)18-22-9-12-24(37-2)13-10-22/h9-16,19-20,32H,4-8,17-18,35H2,1-3H3. The second kappa shape index (κ2) is 14.1. The third-order valence-electron chi connectivity index (χ3n) is 6.96. The molecular weight excluding hydrogens is 520 g/mol. The molecule has 3 aromatic rings. The fourth-order valence-electron chi connectivity index (χ4n) is 4.79. The van der Waals surface area contributed by atoms with Crippen molar-refractivity contribution in [1.29, 1.82) is 5.26 Å². The van der Waals surface area contributed by atoms with Gasteiger partial charge in [0.05, 0.1) is 33.2 Å². The number of methoxy groups -OCH3 is 2. The third kappa shape index (κ3) is 7.31. The van der Waals surface area contributed by atoms with Crippen LogP contribution in [-0.4, -0.2) is 26.8 Å². The molecule has 41 heavy (non-hydrogen) atoms. The highest BCUT2D eigenvalue weighted by Gasteiger charge is 2.31. The van der Waals surface area contributed by atoms with E-state index < -0.39 is 11.9 Å². The van der Waals surface area contributed by atoms with E-state index in [-0.39, 0.29) is 17.9 Å². The highest BCUT2D eigenvalue weighted by Crippen LogP contribution is 2.45. The molecule has 1 aliphatic heterocycles. The molecule has 8 heteroatoms. The zero-order chi connectivity index (χ0) is 29.2. The Balaban J connectivity index is 1.52. The predicted octanol–water partition coefficient (Wildman–Crippen LogP) is 6.42. The van der Waals surface area contributed by atoms with Crippen LogP contribution in [0, 0.1) is 11.3 Å². The first-order valence-electron chi connectivity index (χ1n) is 13.8. The Labute approximate surface area is 241 Å². The number of rotatable bonds is 13. The number of benzene rings is 3. The molecule has 1 unspecified atom stereocenters. The molecule has 1 heterocycles. The number of hydrogen-bond acceptors (Lipinski definition) is 8. The summed E-state index contributed by atoms with van der Waals surface area (Å²) >= 11 is 0. The first-order chi connectivity index (χ1) is 20.0. The van der Waals surface area contributed by atoms with Crippen molar-refractivity contribution in [3.8, 4) is 34.8 Å². The average molecular weight is 557 g/mol. The largest absolute Gasteiger partial charge is 0.497 e. The van der Waals surface area contributed by atoms with E-state index in [1.807, 2.05) is 30.3 Å². The Morgan fingerprint density at radius 3 is 2.39 bits per heavy atom. The minimum atomic E-state index is -0.496. The Bertz CT molecular complexity index is 1420. The Hall–Kier alpha value is -4.64. The molecule has 1 aliphatic rings. The second-order valence-electron chi connectivity index (χ2n) is 9.80. The maximum Gasteiger partial charge on any atom is 0.315 e. The number of carbonyl (C=O) groups excluding carboxylic acids is 1. The molecule has 0 aliphatic carbocycles. The smallest absolute Gasteiger partial charge is 0.315 e. The lowest BCUT2D eigenvalue weighted by molar-refractivity contribution is -0.133. The molecule has 0 spiro atoms.